The molecule has 0 spiro atoms. The predicted molar refractivity (Wildman–Crippen MR) is 107 cm³/mol. The van der Waals surface area contributed by atoms with E-state index in [0.717, 1.165) is 24.6 Å². The molecule has 0 atom stereocenters. The van der Waals surface area contributed by atoms with Crippen molar-refractivity contribution in [1.29, 1.82) is 0 Å². The number of primary sulfonamides is 1. The molecule has 12 heteroatoms. The van der Waals surface area contributed by atoms with Gasteiger partial charge in [-0.1, -0.05) is 6.92 Å². The summed E-state index contributed by atoms with van der Waals surface area (Å²) >= 11 is 0. The summed E-state index contributed by atoms with van der Waals surface area (Å²) in [5.41, 5.74) is -0.240. The van der Waals surface area contributed by atoms with Gasteiger partial charge in [0.05, 0.1) is 21.2 Å². The van der Waals surface area contributed by atoms with Gasteiger partial charge in [-0.15, -0.1) is 0 Å². The van der Waals surface area contributed by atoms with Crippen LogP contribution in [-0.4, -0.2) is 39.6 Å². The summed E-state index contributed by atoms with van der Waals surface area (Å²) in [5.74, 6) is -2.07. The lowest BCUT2D eigenvalue weighted by atomic mass is 10.1. The standard InChI is InChI=1S/C17H21N3O7S2/c1-3-6-19-13-5-4-11(28(18,24)25)8-14(13)20-29(26,27)16-9-12(17(22)23)15(21)7-10(16)2/h4-5,7-9,19-21H,3,6H2,1-2H3,(H,22,23)(H2,18,24,25). The summed E-state index contributed by atoms with van der Waals surface area (Å²) in [6, 6.07) is 5.53. The topological polar surface area (TPSA) is 176 Å². The van der Waals surface area contributed by atoms with Crippen LogP contribution in [-0.2, 0) is 20.0 Å². The zero-order valence-electron chi connectivity index (χ0n) is 15.6. The number of rotatable bonds is 8. The summed E-state index contributed by atoms with van der Waals surface area (Å²) in [6.07, 6.45) is 0.724. The molecule has 0 aliphatic carbocycles. The first-order valence-corrected chi connectivity index (χ1v) is 11.4. The Labute approximate surface area is 168 Å². The van der Waals surface area contributed by atoms with Crippen molar-refractivity contribution in [2.45, 2.75) is 30.1 Å². The van der Waals surface area contributed by atoms with Crippen LogP contribution < -0.4 is 15.2 Å². The highest BCUT2D eigenvalue weighted by Gasteiger charge is 2.23. The highest BCUT2D eigenvalue weighted by molar-refractivity contribution is 7.92. The molecule has 0 fully saturated rings. The number of carboxylic acids is 1. The number of carbonyl (C=O) groups is 1. The smallest absolute Gasteiger partial charge is 0.339 e. The molecule has 2 rings (SSSR count). The minimum atomic E-state index is -4.33. The number of nitrogens with one attached hydrogen (secondary N) is 2. The average molecular weight is 444 g/mol. The second-order valence-corrected chi connectivity index (χ2v) is 9.44. The molecule has 0 aromatic heterocycles. The molecule has 158 valence electrons. The van der Waals surface area contributed by atoms with Crippen molar-refractivity contribution in [2.75, 3.05) is 16.6 Å². The number of aromatic hydroxyl groups is 1. The molecule has 2 aromatic rings. The number of anilines is 2. The maximum atomic E-state index is 12.9. The number of hydrogen-bond donors (Lipinski definition) is 5. The van der Waals surface area contributed by atoms with Crippen LogP contribution in [0.1, 0.15) is 29.3 Å². The lowest BCUT2D eigenvalue weighted by Gasteiger charge is -2.16. The number of sulfonamides is 2. The van der Waals surface area contributed by atoms with Crippen molar-refractivity contribution < 1.29 is 31.8 Å². The highest BCUT2D eigenvalue weighted by Crippen LogP contribution is 2.30. The molecule has 0 aliphatic heterocycles. The first kappa shape index (κ1) is 22.5. The normalized spacial score (nSPS) is 11.8. The van der Waals surface area contributed by atoms with E-state index in [1.807, 2.05) is 6.92 Å². The summed E-state index contributed by atoms with van der Waals surface area (Å²) in [4.78, 5) is 10.6. The van der Waals surface area contributed by atoms with Gasteiger partial charge < -0.3 is 15.5 Å². The van der Waals surface area contributed by atoms with Crippen LogP contribution in [0.2, 0.25) is 0 Å². The van der Waals surface area contributed by atoms with Crippen molar-refractivity contribution >= 4 is 37.4 Å². The maximum Gasteiger partial charge on any atom is 0.339 e. The van der Waals surface area contributed by atoms with Crippen molar-refractivity contribution in [3.8, 4) is 5.75 Å². The molecule has 0 saturated heterocycles. The van der Waals surface area contributed by atoms with Crippen LogP contribution in [0.25, 0.3) is 0 Å². The number of carboxylic acid groups (broad SMARTS) is 1. The van der Waals surface area contributed by atoms with Crippen LogP contribution in [0.5, 0.6) is 5.75 Å². The molecule has 0 heterocycles. The SMILES string of the molecule is CCCNc1ccc(S(N)(=O)=O)cc1NS(=O)(=O)c1cc(C(=O)O)c(O)cc1C. The summed E-state index contributed by atoms with van der Waals surface area (Å²) in [5, 5.41) is 27.0. The van der Waals surface area contributed by atoms with E-state index in [1.54, 1.807) is 0 Å². The monoisotopic (exact) mass is 443 g/mol. The fraction of sp³-hybridized carbons (Fsp3) is 0.235. The predicted octanol–water partition coefficient (Wildman–Crippen LogP) is 1.67. The van der Waals surface area contributed by atoms with Gasteiger partial charge in [0, 0.05) is 6.54 Å². The molecular weight excluding hydrogens is 422 g/mol. The quantitative estimate of drug-likeness (QED) is 0.409. The second-order valence-electron chi connectivity index (χ2n) is 6.22. The molecule has 0 saturated carbocycles. The van der Waals surface area contributed by atoms with E-state index < -0.39 is 37.3 Å². The van der Waals surface area contributed by atoms with Gasteiger partial charge in [0.2, 0.25) is 10.0 Å². The van der Waals surface area contributed by atoms with E-state index in [9.17, 15) is 26.7 Å². The number of aromatic carboxylic acids is 1. The second kappa shape index (κ2) is 8.27. The van der Waals surface area contributed by atoms with Gasteiger partial charge in [-0.3, -0.25) is 4.72 Å². The Bertz CT molecular complexity index is 1160. The fourth-order valence-electron chi connectivity index (χ4n) is 2.53. The van der Waals surface area contributed by atoms with E-state index in [1.165, 1.54) is 19.1 Å². The Morgan fingerprint density at radius 2 is 1.76 bits per heavy atom. The molecule has 10 nitrogen and oxygen atoms in total. The number of benzene rings is 2. The lowest BCUT2D eigenvalue weighted by molar-refractivity contribution is 0.0693. The number of aryl methyl sites for hydroxylation is 1. The van der Waals surface area contributed by atoms with Crippen LogP contribution in [0.3, 0.4) is 0 Å². The van der Waals surface area contributed by atoms with Gasteiger partial charge in [0.15, 0.2) is 0 Å². The zero-order chi connectivity index (χ0) is 22.0. The molecule has 0 unspecified atom stereocenters. The van der Waals surface area contributed by atoms with Gasteiger partial charge in [0.1, 0.15) is 11.3 Å². The van der Waals surface area contributed by atoms with E-state index in [-0.39, 0.29) is 21.0 Å². The Kier molecular flexibility index (Phi) is 6.40. The Morgan fingerprint density at radius 1 is 1.10 bits per heavy atom. The summed E-state index contributed by atoms with van der Waals surface area (Å²) < 4.78 is 51.4. The summed E-state index contributed by atoms with van der Waals surface area (Å²) in [6.45, 7) is 3.77. The Morgan fingerprint density at radius 3 is 2.31 bits per heavy atom. The van der Waals surface area contributed by atoms with Crippen LogP contribution in [0, 0.1) is 6.92 Å². The van der Waals surface area contributed by atoms with Crippen molar-refractivity contribution in [3.05, 3.63) is 41.5 Å². The third-order valence-corrected chi connectivity index (χ3v) is 6.36. The van der Waals surface area contributed by atoms with Gasteiger partial charge in [-0.2, -0.15) is 0 Å². The molecule has 0 aliphatic rings. The van der Waals surface area contributed by atoms with Crippen LogP contribution >= 0.6 is 0 Å². The highest BCUT2D eigenvalue weighted by atomic mass is 32.2. The number of nitrogens with two attached hydrogens (primary N) is 1. The third kappa shape index (κ3) is 5.16. The van der Waals surface area contributed by atoms with Crippen molar-refractivity contribution in [1.82, 2.24) is 0 Å². The number of hydrogen-bond acceptors (Lipinski definition) is 7. The van der Waals surface area contributed by atoms with E-state index >= 15 is 0 Å². The van der Waals surface area contributed by atoms with Crippen molar-refractivity contribution in [3.63, 3.8) is 0 Å². The summed E-state index contributed by atoms with van der Waals surface area (Å²) in [7, 11) is -8.41. The number of phenols is 1. The van der Waals surface area contributed by atoms with E-state index in [0.29, 0.717) is 12.2 Å². The Hall–Kier alpha value is -2.83. The molecule has 2 aromatic carbocycles. The minimum absolute atomic E-state index is 0.0747. The molecule has 29 heavy (non-hydrogen) atoms. The van der Waals surface area contributed by atoms with E-state index in [4.69, 9.17) is 10.2 Å². The fourth-order valence-corrected chi connectivity index (χ4v) is 4.40. The van der Waals surface area contributed by atoms with Crippen LogP contribution in [0.4, 0.5) is 11.4 Å². The molecule has 0 amide bonds. The molecule has 6 N–H and O–H groups in total. The van der Waals surface area contributed by atoms with Crippen LogP contribution in [0.15, 0.2) is 40.1 Å². The van der Waals surface area contributed by atoms with Gasteiger partial charge in [-0.05, 0) is 49.2 Å². The third-order valence-electron chi connectivity index (χ3n) is 3.94. The first-order valence-electron chi connectivity index (χ1n) is 8.37. The minimum Gasteiger partial charge on any atom is -0.507 e. The van der Waals surface area contributed by atoms with E-state index in [2.05, 4.69) is 10.0 Å². The Balaban J connectivity index is 2.59. The van der Waals surface area contributed by atoms with Gasteiger partial charge >= 0.3 is 5.97 Å². The van der Waals surface area contributed by atoms with Gasteiger partial charge in [-0.25, -0.2) is 26.8 Å². The molecule has 0 radical (unpaired) electrons. The zero-order valence-corrected chi connectivity index (χ0v) is 17.3. The van der Waals surface area contributed by atoms with Gasteiger partial charge in [0.25, 0.3) is 10.0 Å². The first-order chi connectivity index (χ1) is 13.4. The lowest BCUT2D eigenvalue weighted by Crippen LogP contribution is -2.18. The van der Waals surface area contributed by atoms with Crippen molar-refractivity contribution in [2.24, 2.45) is 5.14 Å². The molecular formula is C17H21N3O7S2. The maximum absolute atomic E-state index is 12.9. The average Bonchev–Trinajstić information content (AvgIpc) is 2.58. The largest absolute Gasteiger partial charge is 0.507 e. The molecule has 0 bridgehead atoms.